The predicted octanol–water partition coefficient (Wildman–Crippen LogP) is 3.96. The van der Waals surface area contributed by atoms with Crippen LogP contribution in [0.3, 0.4) is 0 Å². The smallest absolute Gasteiger partial charge is 0.244 e. The Labute approximate surface area is 157 Å². The second kappa shape index (κ2) is 8.76. The van der Waals surface area contributed by atoms with Crippen LogP contribution < -0.4 is 14.8 Å². The third kappa shape index (κ3) is 4.79. The Bertz CT molecular complexity index is 785. The Morgan fingerprint density at radius 3 is 2.54 bits per heavy atom. The lowest BCUT2D eigenvalue weighted by atomic mass is 10.2. The first kappa shape index (κ1) is 19.8. The monoisotopic (exact) mass is 380 g/mol. The molecular weight excluding hydrogens is 359 g/mol. The number of carbonyl (C=O) groups is 1. The van der Waals surface area contributed by atoms with E-state index >= 15 is 0 Å². The quantitative estimate of drug-likeness (QED) is 0.790. The zero-order valence-electron chi connectivity index (χ0n) is 15.2. The number of carbonyl (C=O) groups excluding carboxylic acids is 1. The first-order chi connectivity index (χ1) is 12.3. The summed E-state index contributed by atoms with van der Waals surface area (Å²) in [4.78, 5) is 14.1. The van der Waals surface area contributed by atoms with Gasteiger partial charge in [-0.3, -0.25) is 4.79 Å². The van der Waals surface area contributed by atoms with E-state index in [0.29, 0.717) is 28.8 Å². The Morgan fingerprint density at radius 2 is 1.92 bits per heavy atom. The van der Waals surface area contributed by atoms with E-state index in [1.165, 1.54) is 31.3 Å². The third-order valence-corrected chi connectivity index (χ3v) is 4.20. The molecule has 5 nitrogen and oxygen atoms in total. The number of benzene rings is 2. The van der Waals surface area contributed by atoms with Gasteiger partial charge in [0.1, 0.15) is 23.4 Å². The number of hydrogen-bond acceptors (Lipinski definition) is 4. The number of halogens is 2. The summed E-state index contributed by atoms with van der Waals surface area (Å²) >= 11 is 6.15. The standard InChI is InChI=1S/C19H22ClFN2O3/c1-12(19(24)23(2)11-13-6-5-7-14(21)8-13)22-16-9-15(20)17(25-3)10-18(16)26-4/h5-10,12,22H,11H2,1-4H3/t12-/m0/s1. The number of nitrogens with one attached hydrogen (secondary N) is 1. The normalized spacial score (nSPS) is 11.6. The maximum atomic E-state index is 13.3. The molecule has 2 aromatic rings. The molecule has 0 aliphatic heterocycles. The van der Waals surface area contributed by atoms with E-state index in [-0.39, 0.29) is 11.7 Å². The van der Waals surface area contributed by atoms with Crippen LogP contribution in [0, 0.1) is 5.82 Å². The van der Waals surface area contributed by atoms with Crippen molar-refractivity contribution in [1.29, 1.82) is 0 Å². The molecule has 1 amide bonds. The molecule has 1 N–H and O–H groups in total. The van der Waals surface area contributed by atoms with Gasteiger partial charge >= 0.3 is 0 Å². The first-order valence-electron chi connectivity index (χ1n) is 8.03. The Balaban J connectivity index is 2.10. The second-order valence-corrected chi connectivity index (χ2v) is 6.28. The Hall–Kier alpha value is -2.47. The fourth-order valence-electron chi connectivity index (χ4n) is 2.59. The van der Waals surface area contributed by atoms with Crippen LogP contribution in [0.2, 0.25) is 5.02 Å². The highest BCUT2D eigenvalue weighted by Crippen LogP contribution is 2.36. The van der Waals surface area contributed by atoms with Crippen LogP contribution in [0.15, 0.2) is 36.4 Å². The van der Waals surface area contributed by atoms with E-state index in [1.807, 2.05) is 0 Å². The maximum absolute atomic E-state index is 13.3. The molecule has 0 spiro atoms. The van der Waals surface area contributed by atoms with Gasteiger partial charge in [-0.25, -0.2) is 4.39 Å². The van der Waals surface area contributed by atoms with Crippen molar-refractivity contribution >= 4 is 23.2 Å². The molecule has 2 rings (SSSR count). The van der Waals surface area contributed by atoms with Gasteiger partial charge in [0.15, 0.2) is 0 Å². The highest BCUT2D eigenvalue weighted by Gasteiger charge is 2.20. The minimum absolute atomic E-state index is 0.150. The van der Waals surface area contributed by atoms with E-state index in [2.05, 4.69) is 5.32 Å². The van der Waals surface area contributed by atoms with Crippen molar-refractivity contribution in [2.45, 2.75) is 19.5 Å². The summed E-state index contributed by atoms with van der Waals surface area (Å²) in [6.07, 6.45) is 0. The molecule has 0 aliphatic rings. The minimum Gasteiger partial charge on any atom is -0.495 e. The van der Waals surface area contributed by atoms with E-state index in [4.69, 9.17) is 21.1 Å². The van der Waals surface area contributed by atoms with Crippen LogP contribution in [0.25, 0.3) is 0 Å². The zero-order valence-corrected chi connectivity index (χ0v) is 15.9. The van der Waals surface area contributed by atoms with E-state index in [1.54, 1.807) is 38.2 Å². The number of hydrogen-bond donors (Lipinski definition) is 1. The van der Waals surface area contributed by atoms with Gasteiger partial charge in [-0.05, 0) is 30.7 Å². The second-order valence-electron chi connectivity index (χ2n) is 5.88. The summed E-state index contributed by atoms with van der Waals surface area (Å²) in [7, 11) is 4.71. The molecule has 140 valence electrons. The minimum atomic E-state index is -0.535. The SMILES string of the molecule is COc1cc(OC)c(N[C@@H](C)C(=O)N(C)Cc2cccc(F)c2)cc1Cl. The van der Waals surface area contributed by atoms with Gasteiger partial charge in [-0.2, -0.15) is 0 Å². The molecule has 0 unspecified atom stereocenters. The topological polar surface area (TPSA) is 50.8 Å². The lowest BCUT2D eigenvalue weighted by Gasteiger charge is -2.24. The number of methoxy groups -OCH3 is 2. The highest BCUT2D eigenvalue weighted by atomic mass is 35.5. The summed E-state index contributed by atoms with van der Waals surface area (Å²) in [5.41, 5.74) is 1.30. The maximum Gasteiger partial charge on any atom is 0.244 e. The van der Waals surface area contributed by atoms with Crippen LogP contribution in [0.5, 0.6) is 11.5 Å². The molecule has 0 bridgehead atoms. The number of anilines is 1. The summed E-state index contributed by atoms with van der Waals surface area (Å²) in [5.74, 6) is 0.519. The van der Waals surface area contributed by atoms with Crippen LogP contribution >= 0.6 is 11.6 Å². The van der Waals surface area contributed by atoms with Crippen molar-refractivity contribution in [3.8, 4) is 11.5 Å². The first-order valence-corrected chi connectivity index (χ1v) is 8.41. The van der Waals surface area contributed by atoms with Crippen LogP contribution in [0.4, 0.5) is 10.1 Å². The van der Waals surface area contributed by atoms with Gasteiger partial charge in [0.25, 0.3) is 0 Å². The van der Waals surface area contributed by atoms with Gasteiger partial charge in [-0.1, -0.05) is 23.7 Å². The van der Waals surface area contributed by atoms with E-state index in [0.717, 1.165) is 5.56 Å². The summed E-state index contributed by atoms with van der Waals surface area (Å²) < 4.78 is 23.8. The van der Waals surface area contributed by atoms with Crippen LogP contribution in [-0.4, -0.2) is 38.1 Å². The lowest BCUT2D eigenvalue weighted by Crippen LogP contribution is -2.38. The molecule has 0 radical (unpaired) electrons. The Morgan fingerprint density at radius 1 is 1.23 bits per heavy atom. The lowest BCUT2D eigenvalue weighted by molar-refractivity contribution is -0.130. The van der Waals surface area contributed by atoms with Gasteiger partial charge < -0.3 is 19.7 Å². The average molecular weight is 381 g/mol. The van der Waals surface area contributed by atoms with Crippen LogP contribution in [-0.2, 0) is 11.3 Å². The number of amides is 1. The van der Waals surface area contributed by atoms with Gasteiger partial charge in [0.05, 0.1) is 24.9 Å². The molecule has 1 atom stereocenters. The number of likely N-dealkylation sites (N-methyl/N-ethyl adjacent to an activating group) is 1. The number of rotatable bonds is 7. The summed E-state index contributed by atoms with van der Waals surface area (Å²) in [5, 5.41) is 3.51. The zero-order chi connectivity index (χ0) is 19.3. The average Bonchev–Trinajstić information content (AvgIpc) is 2.61. The molecule has 26 heavy (non-hydrogen) atoms. The predicted molar refractivity (Wildman–Crippen MR) is 101 cm³/mol. The number of nitrogens with zero attached hydrogens (tertiary/aromatic N) is 1. The van der Waals surface area contributed by atoms with Gasteiger partial charge in [0.2, 0.25) is 5.91 Å². The summed E-state index contributed by atoms with van der Waals surface area (Å²) in [6.45, 7) is 2.05. The largest absolute Gasteiger partial charge is 0.495 e. The van der Waals surface area contributed by atoms with E-state index in [9.17, 15) is 9.18 Å². The number of ether oxygens (including phenoxy) is 2. The molecule has 0 saturated carbocycles. The highest BCUT2D eigenvalue weighted by molar-refractivity contribution is 6.32. The van der Waals surface area contributed by atoms with Crippen LogP contribution in [0.1, 0.15) is 12.5 Å². The molecule has 0 saturated heterocycles. The molecule has 0 aliphatic carbocycles. The van der Waals surface area contributed by atoms with Crippen molar-refractivity contribution in [3.63, 3.8) is 0 Å². The fourth-order valence-corrected chi connectivity index (χ4v) is 2.83. The van der Waals surface area contributed by atoms with Crippen molar-refractivity contribution in [2.24, 2.45) is 0 Å². The third-order valence-electron chi connectivity index (χ3n) is 3.90. The van der Waals surface area contributed by atoms with Crippen molar-refractivity contribution in [1.82, 2.24) is 4.90 Å². The molecule has 0 heterocycles. The molecule has 7 heteroatoms. The molecule has 0 fully saturated rings. The fraction of sp³-hybridized carbons (Fsp3) is 0.316. The molecular formula is C19H22ClFN2O3. The van der Waals surface area contributed by atoms with Crippen molar-refractivity contribution in [2.75, 3.05) is 26.6 Å². The van der Waals surface area contributed by atoms with E-state index < -0.39 is 6.04 Å². The molecule has 0 aromatic heterocycles. The van der Waals surface area contributed by atoms with Gasteiger partial charge in [-0.15, -0.1) is 0 Å². The molecule has 2 aromatic carbocycles. The summed E-state index contributed by atoms with van der Waals surface area (Å²) in [6, 6.07) is 8.94. The van der Waals surface area contributed by atoms with Crippen molar-refractivity contribution in [3.05, 3.63) is 52.8 Å². The van der Waals surface area contributed by atoms with Crippen molar-refractivity contribution < 1.29 is 18.7 Å². The Kier molecular flexibility index (Phi) is 6.69. The van der Waals surface area contributed by atoms with Gasteiger partial charge in [0, 0.05) is 19.7 Å².